The molecule has 0 aromatic heterocycles. The Balaban J connectivity index is 3.13. The van der Waals surface area contributed by atoms with Crippen LogP contribution in [0.1, 0.15) is 64.4 Å². The number of hydrogen-bond acceptors (Lipinski definition) is 1. The summed E-state index contributed by atoms with van der Waals surface area (Å²) in [5, 5.41) is 0. The zero-order valence-electron chi connectivity index (χ0n) is 15.2. The van der Waals surface area contributed by atoms with Crippen molar-refractivity contribution in [2.75, 3.05) is 0 Å². The molecular formula is C20H30OSi. The van der Waals surface area contributed by atoms with Crippen LogP contribution in [0, 0.1) is 11.5 Å². The molecule has 1 aromatic carbocycles. The second-order valence-electron chi connectivity index (χ2n) is 7.03. The van der Waals surface area contributed by atoms with Crippen molar-refractivity contribution in [3.63, 3.8) is 0 Å². The average molecular weight is 315 g/mol. The third kappa shape index (κ3) is 3.90. The third-order valence-corrected chi connectivity index (χ3v) is 11.2. The number of Topliss-reactive ketones (excluding diaryl/α,β-unsaturated/α-hetero) is 1. The van der Waals surface area contributed by atoms with Crippen molar-refractivity contribution in [2.24, 2.45) is 0 Å². The van der Waals surface area contributed by atoms with Gasteiger partial charge in [-0.05, 0) is 34.5 Å². The molecule has 0 spiro atoms. The minimum Gasteiger partial charge on any atom is -0.279 e. The van der Waals surface area contributed by atoms with Crippen molar-refractivity contribution < 1.29 is 4.79 Å². The van der Waals surface area contributed by atoms with Gasteiger partial charge in [0.2, 0.25) is 5.78 Å². The number of carbonyl (C=O) groups is 1. The van der Waals surface area contributed by atoms with Crippen molar-refractivity contribution in [2.45, 2.75) is 71.5 Å². The highest BCUT2D eigenvalue weighted by Gasteiger charge is 2.41. The zero-order chi connectivity index (χ0) is 16.9. The monoisotopic (exact) mass is 314 g/mol. The van der Waals surface area contributed by atoms with Crippen LogP contribution < -0.4 is 0 Å². The van der Waals surface area contributed by atoms with Gasteiger partial charge in [-0.3, -0.25) is 4.79 Å². The summed E-state index contributed by atoms with van der Waals surface area (Å²) >= 11 is 0. The number of aryl methyl sites for hydroxylation is 1. The highest BCUT2D eigenvalue weighted by molar-refractivity contribution is 6.90. The van der Waals surface area contributed by atoms with Crippen LogP contribution in [0.2, 0.25) is 16.6 Å². The number of benzene rings is 1. The molecule has 0 aliphatic carbocycles. The van der Waals surface area contributed by atoms with Crippen LogP contribution in [-0.4, -0.2) is 13.9 Å². The summed E-state index contributed by atoms with van der Waals surface area (Å²) in [6.07, 6.45) is 0.990. The van der Waals surface area contributed by atoms with Gasteiger partial charge in [0.25, 0.3) is 0 Å². The molecule has 120 valence electrons. The summed E-state index contributed by atoms with van der Waals surface area (Å²) in [6.45, 7) is 15.7. The Morgan fingerprint density at radius 2 is 1.41 bits per heavy atom. The Morgan fingerprint density at radius 3 is 1.77 bits per heavy atom. The Morgan fingerprint density at radius 1 is 0.955 bits per heavy atom. The van der Waals surface area contributed by atoms with E-state index in [0.717, 1.165) is 6.42 Å². The second-order valence-corrected chi connectivity index (χ2v) is 12.6. The van der Waals surface area contributed by atoms with E-state index >= 15 is 0 Å². The highest BCUT2D eigenvalue weighted by Crippen LogP contribution is 2.40. The standard InChI is InChI=1S/C20H30OSi/c1-8-18-9-11-19(12-10-18)20(21)13-14-22(15(2)3,16(4)5)17(6)7/h9-12,15-17H,8H2,1-7H3. The Bertz CT molecular complexity index is 534. The van der Waals surface area contributed by atoms with Gasteiger partial charge >= 0.3 is 0 Å². The van der Waals surface area contributed by atoms with E-state index in [-0.39, 0.29) is 5.78 Å². The summed E-state index contributed by atoms with van der Waals surface area (Å²) in [7, 11) is -1.82. The lowest BCUT2D eigenvalue weighted by atomic mass is 10.1. The van der Waals surface area contributed by atoms with E-state index in [1.54, 1.807) is 0 Å². The third-order valence-electron chi connectivity index (χ3n) is 4.88. The van der Waals surface area contributed by atoms with Crippen molar-refractivity contribution in [1.82, 2.24) is 0 Å². The Labute approximate surface area is 137 Å². The average Bonchev–Trinajstić information content (AvgIpc) is 2.46. The molecule has 22 heavy (non-hydrogen) atoms. The number of carbonyl (C=O) groups excluding carboxylic acids is 1. The lowest BCUT2D eigenvalue weighted by Crippen LogP contribution is -2.43. The van der Waals surface area contributed by atoms with Crippen LogP contribution in [0.15, 0.2) is 24.3 Å². The summed E-state index contributed by atoms with van der Waals surface area (Å²) in [5.74, 6) is 2.95. The minimum atomic E-state index is -1.82. The molecule has 0 N–H and O–H groups in total. The van der Waals surface area contributed by atoms with Gasteiger partial charge in [0.05, 0.1) is 0 Å². The molecule has 0 fully saturated rings. The summed E-state index contributed by atoms with van der Waals surface area (Å²) < 4.78 is 0. The maximum Gasteiger partial charge on any atom is 0.235 e. The van der Waals surface area contributed by atoms with Crippen LogP contribution in [-0.2, 0) is 6.42 Å². The first-order valence-corrected chi connectivity index (χ1v) is 10.6. The first-order chi connectivity index (χ1) is 10.3. The molecule has 0 radical (unpaired) electrons. The summed E-state index contributed by atoms with van der Waals surface area (Å²) in [5.41, 5.74) is 7.11. The van der Waals surface area contributed by atoms with Gasteiger partial charge in [0.1, 0.15) is 8.07 Å². The van der Waals surface area contributed by atoms with E-state index in [9.17, 15) is 4.79 Å². The maximum absolute atomic E-state index is 12.4. The van der Waals surface area contributed by atoms with Crippen LogP contribution in [0.4, 0.5) is 0 Å². The van der Waals surface area contributed by atoms with Crippen LogP contribution in [0.25, 0.3) is 0 Å². The smallest absolute Gasteiger partial charge is 0.235 e. The van der Waals surface area contributed by atoms with Crippen LogP contribution in [0.5, 0.6) is 0 Å². The topological polar surface area (TPSA) is 17.1 Å². The molecule has 0 saturated heterocycles. The molecule has 1 rings (SSSR count). The van der Waals surface area contributed by atoms with Crippen LogP contribution in [0.3, 0.4) is 0 Å². The molecule has 0 atom stereocenters. The maximum atomic E-state index is 12.4. The van der Waals surface area contributed by atoms with Gasteiger partial charge < -0.3 is 0 Å². The van der Waals surface area contributed by atoms with E-state index in [2.05, 4.69) is 59.9 Å². The van der Waals surface area contributed by atoms with Crippen molar-refractivity contribution >= 4 is 13.9 Å². The fourth-order valence-electron chi connectivity index (χ4n) is 3.56. The molecule has 0 heterocycles. The number of hydrogen-bond donors (Lipinski definition) is 0. The molecule has 0 bridgehead atoms. The normalized spacial score (nSPS) is 11.7. The summed E-state index contributed by atoms with van der Waals surface area (Å²) in [4.78, 5) is 12.4. The summed E-state index contributed by atoms with van der Waals surface area (Å²) in [6, 6.07) is 7.85. The van der Waals surface area contributed by atoms with Gasteiger partial charge in [0.15, 0.2) is 0 Å². The van der Waals surface area contributed by atoms with Gasteiger partial charge in [0, 0.05) is 5.56 Å². The quantitative estimate of drug-likeness (QED) is 0.390. The molecule has 0 aliphatic heterocycles. The lowest BCUT2D eigenvalue weighted by molar-refractivity contribution is 0.105. The molecule has 1 nitrogen and oxygen atoms in total. The van der Waals surface area contributed by atoms with Crippen molar-refractivity contribution in [3.05, 3.63) is 35.4 Å². The largest absolute Gasteiger partial charge is 0.279 e. The minimum absolute atomic E-state index is 0.0403. The fourth-order valence-corrected chi connectivity index (χ4v) is 8.76. The first kappa shape index (κ1) is 18.7. The Hall–Kier alpha value is -1.33. The molecule has 1 aromatic rings. The zero-order valence-corrected chi connectivity index (χ0v) is 16.2. The van der Waals surface area contributed by atoms with Gasteiger partial charge in [-0.15, -0.1) is 5.54 Å². The van der Waals surface area contributed by atoms with E-state index in [1.165, 1.54) is 5.56 Å². The molecule has 0 amide bonds. The van der Waals surface area contributed by atoms with E-state index < -0.39 is 8.07 Å². The predicted molar refractivity (Wildman–Crippen MR) is 99.0 cm³/mol. The molecule has 2 heteroatoms. The van der Waals surface area contributed by atoms with Crippen molar-refractivity contribution in [1.29, 1.82) is 0 Å². The van der Waals surface area contributed by atoms with Gasteiger partial charge in [-0.2, -0.15) is 0 Å². The Kier molecular flexibility index (Phi) is 6.62. The van der Waals surface area contributed by atoms with Crippen molar-refractivity contribution in [3.8, 4) is 11.5 Å². The first-order valence-electron chi connectivity index (χ1n) is 8.42. The van der Waals surface area contributed by atoms with E-state index in [1.807, 2.05) is 24.3 Å². The number of ketones is 1. The SMILES string of the molecule is CCc1ccc(C(=O)C#C[Si](C(C)C)(C(C)C)C(C)C)cc1. The van der Waals surface area contributed by atoms with E-state index in [4.69, 9.17) is 0 Å². The highest BCUT2D eigenvalue weighted by atomic mass is 28.3. The molecule has 0 unspecified atom stereocenters. The lowest BCUT2D eigenvalue weighted by Gasteiger charge is -2.37. The van der Waals surface area contributed by atoms with Gasteiger partial charge in [-0.25, -0.2) is 0 Å². The van der Waals surface area contributed by atoms with E-state index in [0.29, 0.717) is 22.2 Å². The molecule has 0 aliphatic rings. The molecule has 0 saturated carbocycles. The second kappa shape index (κ2) is 7.79. The van der Waals surface area contributed by atoms with Gasteiger partial charge in [-0.1, -0.05) is 72.7 Å². The van der Waals surface area contributed by atoms with Crippen LogP contribution >= 0.6 is 0 Å². The number of rotatable bonds is 5. The predicted octanol–water partition coefficient (Wildman–Crippen LogP) is 5.65. The fraction of sp³-hybridized carbons (Fsp3) is 0.550. The molecular weight excluding hydrogens is 284 g/mol.